The maximum absolute atomic E-state index is 14.2. The van der Waals surface area contributed by atoms with Crippen molar-refractivity contribution in [2.45, 2.75) is 31.5 Å². The zero-order valence-electron chi connectivity index (χ0n) is 19.2. The van der Waals surface area contributed by atoms with Gasteiger partial charge < -0.3 is 24.8 Å². The summed E-state index contributed by atoms with van der Waals surface area (Å²) in [4.78, 5) is 20.4. The molecule has 2 amide bonds. The molecule has 4 rings (SSSR count). The number of hydrogen-bond acceptors (Lipinski definition) is 6. The second-order valence-electron chi connectivity index (χ2n) is 7.93. The minimum absolute atomic E-state index is 0.104. The lowest BCUT2D eigenvalue weighted by molar-refractivity contribution is -0.333. The number of amides is 2. The van der Waals surface area contributed by atoms with Gasteiger partial charge in [-0.05, 0) is 25.1 Å². The van der Waals surface area contributed by atoms with Crippen LogP contribution in [0, 0.1) is 12.7 Å². The number of aryl methyl sites for hydroxylation is 1. The molecule has 1 aliphatic heterocycles. The van der Waals surface area contributed by atoms with Crippen LogP contribution in [0.25, 0.3) is 0 Å². The Hall–Kier alpha value is -4.14. The fourth-order valence-electron chi connectivity index (χ4n) is 3.57. The lowest BCUT2D eigenvalue weighted by atomic mass is 9.85. The molecular formula is C23H17F7N4O4. The molecule has 0 aliphatic carbocycles. The van der Waals surface area contributed by atoms with Gasteiger partial charge in [0.05, 0.1) is 18.5 Å². The van der Waals surface area contributed by atoms with E-state index in [1.165, 1.54) is 31.2 Å². The van der Waals surface area contributed by atoms with E-state index in [2.05, 4.69) is 25.3 Å². The summed E-state index contributed by atoms with van der Waals surface area (Å²) in [5.74, 6) is -2.48. The lowest BCUT2D eigenvalue weighted by Gasteiger charge is -2.43. The Balaban J connectivity index is 1.55. The summed E-state index contributed by atoms with van der Waals surface area (Å²) in [5.41, 5.74) is -3.56. The zero-order valence-corrected chi connectivity index (χ0v) is 19.2. The van der Waals surface area contributed by atoms with Gasteiger partial charge in [0.15, 0.2) is 5.60 Å². The van der Waals surface area contributed by atoms with Gasteiger partial charge in [0, 0.05) is 18.1 Å². The number of alkyl halides is 6. The van der Waals surface area contributed by atoms with Crippen LogP contribution in [0.4, 0.5) is 46.9 Å². The Morgan fingerprint density at radius 2 is 1.74 bits per heavy atom. The van der Waals surface area contributed by atoms with Crippen molar-refractivity contribution in [3.8, 4) is 17.4 Å². The van der Waals surface area contributed by atoms with E-state index in [1.54, 1.807) is 0 Å². The molecule has 1 atom stereocenters. The smallest absolute Gasteiger partial charge is 0.437 e. The van der Waals surface area contributed by atoms with Gasteiger partial charge in [-0.3, -0.25) is 0 Å². The van der Waals surface area contributed by atoms with Gasteiger partial charge in [-0.2, -0.15) is 18.2 Å². The molecule has 0 spiro atoms. The van der Waals surface area contributed by atoms with E-state index in [9.17, 15) is 35.5 Å². The predicted octanol–water partition coefficient (Wildman–Crippen LogP) is 6.44. The first-order chi connectivity index (χ1) is 17.8. The van der Waals surface area contributed by atoms with Crippen molar-refractivity contribution in [2.24, 2.45) is 0 Å². The number of benzene rings is 2. The quantitative estimate of drug-likeness (QED) is 0.346. The van der Waals surface area contributed by atoms with Crippen LogP contribution < -0.4 is 20.1 Å². The number of halogens is 7. The van der Waals surface area contributed by atoms with E-state index in [0.717, 1.165) is 18.3 Å². The molecule has 8 nitrogen and oxygen atoms in total. The van der Waals surface area contributed by atoms with Crippen LogP contribution in [0.5, 0.6) is 17.4 Å². The molecule has 1 aliphatic rings. The van der Waals surface area contributed by atoms with Crippen LogP contribution in [-0.4, -0.2) is 35.1 Å². The third kappa shape index (κ3) is 5.72. The molecule has 2 aromatic carbocycles. The largest absolute Gasteiger partial charge is 0.573 e. The Morgan fingerprint density at radius 3 is 2.34 bits per heavy atom. The second-order valence-corrected chi connectivity index (χ2v) is 7.93. The van der Waals surface area contributed by atoms with Gasteiger partial charge in [-0.25, -0.2) is 14.2 Å². The molecule has 1 saturated heterocycles. The van der Waals surface area contributed by atoms with Crippen LogP contribution >= 0.6 is 0 Å². The molecule has 3 aromatic rings. The molecule has 1 fully saturated rings. The van der Waals surface area contributed by atoms with Crippen LogP contribution in [-0.2, 0) is 10.3 Å². The molecule has 38 heavy (non-hydrogen) atoms. The molecule has 0 saturated carbocycles. The van der Waals surface area contributed by atoms with Crippen LogP contribution in [0.15, 0.2) is 48.7 Å². The number of carbonyl (C=O) groups excluding carboxylic acids is 1. The van der Waals surface area contributed by atoms with Crippen LogP contribution in [0.1, 0.15) is 17.8 Å². The number of urea groups is 1. The van der Waals surface area contributed by atoms with E-state index < -0.39 is 41.4 Å². The predicted molar refractivity (Wildman–Crippen MR) is 117 cm³/mol. The van der Waals surface area contributed by atoms with Gasteiger partial charge in [0.1, 0.15) is 28.8 Å². The molecule has 15 heteroatoms. The molecule has 1 unspecified atom stereocenters. The van der Waals surface area contributed by atoms with Gasteiger partial charge in [0.2, 0.25) is 5.88 Å². The Morgan fingerprint density at radius 1 is 1.05 bits per heavy atom. The molecule has 0 bridgehead atoms. The summed E-state index contributed by atoms with van der Waals surface area (Å²) in [5, 5.41) is 4.36. The normalized spacial score (nSPS) is 17.4. The average Bonchev–Trinajstić information content (AvgIpc) is 2.76. The number of hydrogen-bond donors (Lipinski definition) is 2. The first-order valence-electron chi connectivity index (χ1n) is 10.7. The fourth-order valence-corrected chi connectivity index (χ4v) is 3.57. The van der Waals surface area contributed by atoms with Crippen LogP contribution in [0.3, 0.4) is 0 Å². The highest BCUT2D eigenvalue weighted by atomic mass is 19.4. The zero-order chi connectivity index (χ0) is 27.7. The maximum atomic E-state index is 14.2. The average molecular weight is 546 g/mol. The molecular weight excluding hydrogens is 529 g/mol. The maximum Gasteiger partial charge on any atom is 0.573 e. The number of nitrogens with zero attached hydrogens (tertiary/aromatic N) is 2. The first kappa shape index (κ1) is 26.9. The van der Waals surface area contributed by atoms with Crippen molar-refractivity contribution < 1.29 is 49.7 Å². The Kier molecular flexibility index (Phi) is 7.06. The monoisotopic (exact) mass is 546 g/mol. The van der Waals surface area contributed by atoms with Gasteiger partial charge in [-0.15, -0.1) is 13.2 Å². The minimum atomic E-state index is -5.04. The van der Waals surface area contributed by atoms with Crippen molar-refractivity contribution in [3.63, 3.8) is 0 Å². The van der Waals surface area contributed by atoms with E-state index in [0.29, 0.717) is 6.07 Å². The number of ether oxygens (including phenoxy) is 3. The summed E-state index contributed by atoms with van der Waals surface area (Å²) >= 11 is 0. The van der Waals surface area contributed by atoms with Crippen molar-refractivity contribution in [1.29, 1.82) is 0 Å². The number of nitrogens with one attached hydrogen (secondary N) is 2. The van der Waals surface area contributed by atoms with Crippen LogP contribution in [0.2, 0.25) is 0 Å². The van der Waals surface area contributed by atoms with E-state index in [1.807, 2.05) is 0 Å². The summed E-state index contributed by atoms with van der Waals surface area (Å²) in [7, 11) is 0. The molecule has 202 valence electrons. The highest BCUT2D eigenvalue weighted by molar-refractivity contribution is 6.00. The van der Waals surface area contributed by atoms with Crippen molar-refractivity contribution in [2.75, 3.05) is 17.2 Å². The first-order valence-corrected chi connectivity index (χ1v) is 10.7. The summed E-state index contributed by atoms with van der Waals surface area (Å²) in [6, 6.07) is 6.25. The fraction of sp³-hybridized carbons (Fsp3) is 0.261. The highest BCUT2D eigenvalue weighted by Gasteiger charge is 2.62. The standard InChI is InChI=1S/C23H17F7N4O4/c1-12-31-11-17(34-20(35)33-16-7-6-13(10-15(16)24)38-23(28,29)30)19(32-12)37-18-5-3-2-4-14(18)21(8-9-36-21)22(25,26)27/h2-7,10-11H,8-9H2,1H3,(H2,33,34,35). The van der Waals surface area contributed by atoms with E-state index >= 15 is 0 Å². The lowest BCUT2D eigenvalue weighted by Crippen LogP contribution is -2.52. The number of anilines is 2. The molecule has 0 radical (unpaired) electrons. The third-order valence-electron chi connectivity index (χ3n) is 5.33. The van der Waals surface area contributed by atoms with E-state index in [4.69, 9.17) is 9.47 Å². The number of aromatic nitrogens is 2. The van der Waals surface area contributed by atoms with Gasteiger partial charge >= 0.3 is 18.6 Å². The van der Waals surface area contributed by atoms with E-state index in [-0.39, 0.29) is 41.7 Å². The SMILES string of the molecule is Cc1ncc(NC(=O)Nc2ccc(OC(F)(F)F)cc2F)c(Oc2ccccc2C2(C(F)(F)F)CCO2)n1. The molecule has 1 aromatic heterocycles. The third-order valence-corrected chi connectivity index (χ3v) is 5.33. The summed E-state index contributed by atoms with van der Waals surface area (Å²) in [6.07, 6.45) is -9.00. The molecule has 2 heterocycles. The number of para-hydroxylation sites is 1. The molecule has 2 N–H and O–H groups in total. The van der Waals surface area contributed by atoms with Crippen molar-refractivity contribution in [1.82, 2.24) is 9.97 Å². The topological polar surface area (TPSA) is 94.6 Å². The highest BCUT2D eigenvalue weighted by Crippen LogP contribution is 2.53. The summed E-state index contributed by atoms with van der Waals surface area (Å²) in [6.45, 7) is 1.36. The van der Waals surface area contributed by atoms with Crippen molar-refractivity contribution >= 4 is 17.4 Å². The Bertz CT molecular complexity index is 1340. The van der Waals surface area contributed by atoms with Gasteiger partial charge in [-0.1, -0.05) is 18.2 Å². The van der Waals surface area contributed by atoms with Crippen molar-refractivity contribution in [3.05, 3.63) is 65.9 Å². The number of rotatable bonds is 6. The number of carbonyl (C=O) groups is 1. The minimum Gasteiger partial charge on any atom is -0.437 e. The Labute approximate surface area is 209 Å². The summed E-state index contributed by atoms with van der Waals surface area (Å²) < 4.78 is 107. The second kappa shape index (κ2) is 9.96. The van der Waals surface area contributed by atoms with Gasteiger partial charge in [0.25, 0.3) is 0 Å².